The summed E-state index contributed by atoms with van der Waals surface area (Å²) in [5.41, 5.74) is 2.07. The molecule has 6 heteroatoms. The maximum absolute atomic E-state index is 12.0. The Labute approximate surface area is 164 Å². The second-order valence-electron chi connectivity index (χ2n) is 6.15. The molecule has 138 valence electrons. The molecule has 0 atom stereocenters. The van der Waals surface area contributed by atoms with Gasteiger partial charge in [0, 0.05) is 17.1 Å². The second kappa shape index (κ2) is 10.1. The van der Waals surface area contributed by atoms with Crippen LogP contribution in [0.5, 0.6) is 5.75 Å². The van der Waals surface area contributed by atoms with E-state index in [4.69, 9.17) is 28.6 Å². The molecule has 4 nitrogen and oxygen atoms in total. The van der Waals surface area contributed by atoms with Crippen LogP contribution >= 0.6 is 23.8 Å². The molecule has 0 saturated carbocycles. The zero-order valence-corrected chi connectivity index (χ0v) is 16.5. The summed E-state index contributed by atoms with van der Waals surface area (Å²) in [7, 11) is 0. The minimum absolute atomic E-state index is 0.135. The lowest BCUT2D eigenvalue weighted by Crippen LogP contribution is -2.34. The standard InChI is InChI=1S/C20H23ClN2O2S/c1-14(2)17-6-3-4-7-18(17)22-20(26)23-19(24)8-5-13-25-16-11-9-15(21)10-12-16/h3-4,6-7,9-12,14H,5,8,13H2,1-2H3,(H2,22,23,24,26). The van der Waals surface area contributed by atoms with Crippen LogP contribution in [-0.2, 0) is 4.79 Å². The largest absolute Gasteiger partial charge is 0.494 e. The van der Waals surface area contributed by atoms with Crippen molar-refractivity contribution in [1.29, 1.82) is 0 Å². The number of thiocarbonyl (C=S) groups is 1. The molecule has 0 aromatic heterocycles. The molecule has 1 amide bonds. The van der Waals surface area contributed by atoms with Crippen LogP contribution in [0.3, 0.4) is 0 Å². The van der Waals surface area contributed by atoms with Crippen molar-refractivity contribution in [3.8, 4) is 5.75 Å². The van der Waals surface area contributed by atoms with Crippen molar-refractivity contribution in [2.45, 2.75) is 32.6 Å². The lowest BCUT2D eigenvalue weighted by molar-refractivity contribution is -0.119. The summed E-state index contributed by atoms with van der Waals surface area (Å²) < 4.78 is 5.57. The minimum Gasteiger partial charge on any atom is -0.494 e. The van der Waals surface area contributed by atoms with Crippen LogP contribution in [0.25, 0.3) is 0 Å². The van der Waals surface area contributed by atoms with Crippen LogP contribution in [0.15, 0.2) is 48.5 Å². The third kappa shape index (κ3) is 6.65. The van der Waals surface area contributed by atoms with Gasteiger partial charge in [0.15, 0.2) is 5.11 Å². The van der Waals surface area contributed by atoms with Gasteiger partial charge in [-0.2, -0.15) is 0 Å². The Morgan fingerprint density at radius 2 is 1.85 bits per heavy atom. The molecule has 2 aromatic rings. The highest BCUT2D eigenvalue weighted by Gasteiger charge is 2.09. The van der Waals surface area contributed by atoms with Crippen molar-refractivity contribution in [2.24, 2.45) is 0 Å². The van der Waals surface area contributed by atoms with E-state index in [9.17, 15) is 4.79 Å². The number of anilines is 1. The SMILES string of the molecule is CC(C)c1ccccc1NC(=S)NC(=O)CCCOc1ccc(Cl)cc1. The number of halogens is 1. The first-order valence-electron chi connectivity index (χ1n) is 8.54. The lowest BCUT2D eigenvalue weighted by Gasteiger charge is -2.15. The molecule has 0 aliphatic carbocycles. The van der Waals surface area contributed by atoms with E-state index < -0.39 is 0 Å². The molecular weight excluding hydrogens is 368 g/mol. The summed E-state index contributed by atoms with van der Waals surface area (Å²) in [4.78, 5) is 12.0. The van der Waals surface area contributed by atoms with Crippen LogP contribution < -0.4 is 15.4 Å². The molecule has 0 heterocycles. The van der Waals surface area contributed by atoms with E-state index in [0.717, 1.165) is 17.0 Å². The molecule has 0 aliphatic rings. The monoisotopic (exact) mass is 390 g/mol. The van der Waals surface area contributed by atoms with Crippen LogP contribution in [-0.4, -0.2) is 17.6 Å². The van der Waals surface area contributed by atoms with E-state index in [-0.39, 0.29) is 5.91 Å². The van der Waals surface area contributed by atoms with Gasteiger partial charge < -0.3 is 15.4 Å². The molecular formula is C20H23ClN2O2S. The number of nitrogens with one attached hydrogen (secondary N) is 2. The summed E-state index contributed by atoms with van der Waals surface area (Å²) in [6, 6.07) is 15.1. The molecule has 2 aromatic carbocycles. The summed E-state index contributed by atoms with van der Waals surface area (Å²) in [6.07, 6.45) is 0.931. The van der Waals surface area contributed by atoms with Gasteiger partial charge in [0.1, 0.15) is 5.75 Å². The summed E-state index contributed by atoms with van der Waals surface area (Å²) in [5.74, 6) is 0.962. The molecule has 26 heavy (non-hydrogen) atoms. The Hall–Kier alpha value is -2.11. The number of ether oxygens (including phenoxy) is 1. The average molecular weight is 391 g/mol. The number of rotatable bonds is 7. The molecule has 2 rings (SSSR count). The second-order valence-corrected chi connectivity index (χ2v) is 6.99. The number of hydrogen-bond donors (Lipinski definition) is 2. The normalized spacial score (nSPS) is 10.5. The van der Waals surface area contributed by atoms with Crippen molar-refractivity contribution in [3.63, 3.8) is 0 Å². The number of amides is 1. The Morgan fingerprint density at radius 1 is 1.15 bits per heavy atom. The van der Waals surface area contributed by atoms with Gasteiger partial charge in [0.2, 0.25) is 5.91 Å². The number of hydrogen-bond acceptors (Lipinski definition) is 3. The molecule has 0 fully saturated rings. The van der Waals surface area contributed by atoms with E-state index in [0.29, 0.717) is 35.5 Å². The fourth-order valence-electron chi connectivity index (χ4n) is 2.41. The third-order valence-corrected chi connectivity index (χ3v) is 4.17. The number of benzene rings is 2. The fourth-order valence-corrected chi connectivity index (χ4v) is 2.76. The summed E-state index contributed by atoms with van der Waals surface area (Å²) in [6.45, 7) is 4.68. The quantitative estimate of drug-likeness (QED) is 0.508. The highest BCUT2D eigenvalue weighted by Crippen LogP contribution is 2.23. The predicted octanol–water partition coefficient (Wildman–Crippen LogP) is 5.14. The molecule has 0 saturated heterocycles. The Balaban J connectivity index is 1.72. The molecule has 0 spiro atoms. The zero-order valence-electron chi connectivity index (χ0n) is 14.9. The third-order valence-electron chi connectivity index (χ3n) is 3.71. The first kappa shape index (κ1) is 20.2. The highest BCUT2D eigenvalue weighted by molar-refractivity contribution is 7.80. The van der Waals surface area contributed by atoms with E-state index in [2.05, 4.69) is 24.5 Å². The minimum atomic E-state index is -0.135. The van der Waals surface area contributed by atoms with E-state index in [1.54, 1.807) is 24.3 Å². The molecule has 0 aliphatic heterocycles. The summed E-state index contributed by atoms with van der Waals surface area (Å²) in [5, 5.41) is 6.78. The van der Waals surface area contributed by atoms with E-state index in [1.165, 1.54) is 0 Å². The van der Waals surface area contributed by atoms with Crippen molar-refractivity contribution >= 4 is 40.5 Å². The topological polar surface area (TPSA) is 50.4 Å². The highest BCUT2D eigenvalue weighted by atomic mass is 35.5. The number of carbonyl (C=O) groups excluding carboxylic acids is 1. The number of carbonyl (C=O) groups is 1. The molecule has 0 bridgehead atoms. The Kier molecular flexibility index (Phi) is 7.88. The van der Waals surface area contributed by atoms with Gasteiger partial charge in [-0.05, 0) is 60.5 Å². The fraction of sp³-hybridized carbons (Fsp3) is 0.300. The smallest absolute Gasteiger partial charge is 0.226 e. The predicted molar refractivity (Wildman–Crippen MR) is 111 cm³/mol. The maximum atomic E-state index is 12.0. The maximum Gasteiger partial charge on any atom is 0.226 e. The van der Waals surface area contributed by atoms with Gasteiger partial charge in [-0.1, -0.05) is 43.6 Å². The summed E-state index contributed by atoms with van der Waals surface area (Å²) >= 11 is 11.1. The van der Waals surface area contributed by atoms with Crippen molar-refractivity contribution in [2.75, 3.05) is 11.9 Å². The van der Waals surface area contributed by atoms with Crippen molar-refractivity contribution in [3.05, 3.63) is 59.1 Å². The van der Waals surface area contributed by atoms with Gasteiger partial charge in [-0.15, -0.1) is 0 Å². The first-order valence-corrected chi connectivity index (χ1v) is 9.32. The van der Waals surface area contributed by atoms with Gasteiger partial charge in [0.25, 0.3) is 0 Å². The van der Waals surface area contributed by atoms with Gasteiger partial charge in [-0.3, -0.25) is 4.79 Å². The molecule has 2 N–H and O–H groups in total. The van der Waals surface area contributed by atoms with E-state index >= 15 is 0 Å². The van der Waals surface area contributed by atoms with Crippen LogP contribution in [0.4, 0.5) is 5.69 Å². The van der Waals surface area contributed by atoms with Gasteiger partial charge >= 0.3 is 0 Å². The average Bonchev–Trinajstić information content (AvgIpc) is 2.60. The van der Waals surface area contributed by atoms with Crippen molar-refractivity contribution in [1.82, 2.24) is 5.32 Å². The zero-order chi connectivity index (χ0) is 18.9. The number of para-hydroxylation sites is 1. The van der Waals surface area contributed by atoms with E-state index in [1.807, 2.05) is 24.3 Å². The molecule has 0 radical (unpaired) electrons. The Morgan fingerprint density at radius 3 is 2.54 bits per heavy atom. The van der Waals surface area contributed by atoms with Gasteiger partial charge in [-0.25, -0.2) is 0 Å². The van der Waals surface area contributed by atoms with Crippen LogP contribution in [0.2, 0.25) is 5.02 Å². The van der Waals surface area contributed by atoms with Crippen molar-refractivity contribution < 1.29 is 9.53 Å². The Bertz CT molecular complexity index is 748. The molecule has 0 unspecified atom stereocenters. The lowest BCUT2D eigenvalue weighted by atomic mass is 10.0. The first-order chi connectivity index (χ1) is 12.5. The van der Waals surface area contributed by atoms with Crippen LogP contribution in [0, 0.1) is 0 Å². The van der Waals surface area contributed by atoms with Gasteiger partial charge in [0.05, 0.1) is 6.61 Å². The van der Waals surface area contributed by atoms with Crippen LogP contribution in [0.1, 0.15) is 38.2 Å².